The first-order valence-corrected chi connectivity index (χ1v) is 9.34. The molecule has 0 aromatic rings. The summed E-state index contributed by atoms with van der Waals surface area (Å²) in [7, 11) is 0. The third kappa shape index (κ3) is 5.67. The molecule has 0 unspecified atom stereocenters. The number of aliphatic hydroxyl groups is 1. The van der Waals surface area contributed by atoms with Crippen molar-refractivity contribution in [2.45, 2.75) is 65.0 Å². The predicted molar refractivity (Wildman–Crippen MR) is 93.6 cm³/mol. The molecule has 1 aliphatic rings. The smallest absolute Gasteiger partial charge is 0.168 e. The molecular formula is C17H29NO3S. The standard InChI is InChI=1S/C17H29NO3S/c1-5-8-14(18-21-6-2)17-15(19)10-13(11-16(17)20)9-12(4)22-7-3/h12-13,19H,5-11H2,1-4H3/b18-14-/t12-,13+/m0/s1. The summed E-state index contributed by atoms with van der Waals surface area (Å²) >= 11 is 1.90. The number of ketones is 1. The van der Waals surface area contributed by atoms with Crippen molar-refractivity contribution in [2.75, 3.05) is 12.4 Å². The minimum atomic E-state index is 0.00866. The molecule has 0 amide bonds. The van der Waals surface area contributed by atoms with Gasteiger partial charge in [-0.25, -0.2) is 0 Å². The molecule has 1 aliphatic carbocycles. The van der Waals surface area contributed by atoms with Crippen LogP contribution in [0.15, 0.2) is 16.5 Å². The number of carbonyl (C=O) groups is 1. The van der Waals surface area contributed by atoms with E-state index in [0.29, 0.717) is 42.4 Å². The number of carbonyl (C=O) groups excluding carboxylic acids is 1. The number of allylic oxidation sites excluding steroid dienone is 2. The summed E-state index contributed by atoms with van der Waals surface area (Å²) in [6.45, 7) is 8.67. The average Bonchev–Trinajstić information content (AvgIpc) is 2.44. The van der Waals surface area contributed by atoms with Crippen LogP contribution in [-0.2, 0) is 9.63 Å². The van der Waals surface area contributed by atoms with E-state index in [4.69, 9.17) is 4.84 Å². The average molecular weight is 327 g/mol. The van der Waals surface area contributed by atoms with Gasteiger partial charge < -0.3 is 9.94 Å². The molecule has 0 saturated carbocycles. The summed E-state index contributed by atoms with van der Waals surface area (Å²) in [5, 5.41) is 14.9. The lowest BCUT2D eigenvalue weighted by Crippen LogP contribution is -2.26. The van der Waals surface area contributed by atoms with Gasteiger partial charge in [0.25, 0.3) is 0 Å². The quantitative estimate of drug-likeness (QED) is 0.500. The van der Waals surface area contributed by atoms with E-state index in [9.17, 15) is 9.90 Å². The van der Waals surface area contributed by atoms with Crippen molar-refractivity contribution in [3.05, 3.63) is 11.3 Å². The number of Topliss-reactive ketones (excluding diaryl/α,β-unsaturated/α-hetero) is 1. The van der Waals surface area contributed by atoms with Crippen LogP contribution >= 0.6 is 11.8 Å². The Hall–Kier alpha value is -0.970. The second-order valence-corrected chi connectivity index (χ2v) is 7.44. The Labute approximate surface area is 138 Å². The topological polar surface area (TPSA) is 58.9 Å². The fraction of sp³-hybridized carbons (Fsp3) is 0.765. The van der Waals surface area contributed by atoms with Crippen LogP contribution in [-0.4, -0.2) is 34.2 Å². The number of thioether (sulfide) groups is 1. The molecule has 0 spiro atoms. The third-order valence-corrected chi connectivity index (χ3v) is 4.81. The molecule has 1 rings (SSSR count). The van der Waals surface area contributed by atoms with Gasteiger partial charge in [0.2, 0.25) is 0 Å². The molecule has 2 atom stereocenters. The van der Waals surface area contributed by atoms with Crippen LogP contribution in [0.5, 0.6) is 0 Å². The van der Waals surface area contributed by atoms with Crippen molar-refractivity contribution >= 4 is 23.3 Å². The van der Waals surface area contributed by atoms with Gasteiger partial charge in [-0.3, -0.25) is 4.79 Å². The van der Waals surface area contributed by atoms with Crippen LogP contribution in [0.4, 0.5) is 0 Å². The normalized spacial score (nSPS) is 21.2. The van der Waals surface area contributed by atoms with Crippen molar-refractivity contribution in [1.82, 2.24) is 0 Å². The monoisotopic (exact) mass is 327 g/mol. The van der Waals surface area contributed by atoms with E-state index in [-0.39, 0.29) is 17.5 Å². The van der Waals surface area contributed by atoms with E-state index in [1.807, 2.05) is 25.6 Å². The van der Waals surface area contributed by atoms with Gasteiger partial charge in [-0.15, -0.1) is 0 Å². The Morgan fingerprint density at radius 1 is 1.41 bits per heavy atom. The summed E-state index contributed by atoms with van der Waals surface area (Å²) < 4.78 is 0. The van der Waals surface area contributed by atoms with E-state index in [2.05, 4.69) is 19.0 Å². The molecule has 4 nitrogen and oxygen atoms in total. The first kappa shape index (κ1) is 19.1. The molecule has 0 aliphatic heterocycles. The number of hydrogen-bond donors (Lipinski definition) is 1. The predicted octanol–water partition coefficient (Wildman–Crippen LogP) is 4.50. The third-order valence-electron chi connectivity index (χ3n) is 3.72. The molecule has 5 heteroatoms. The van der Waals surface area contributed by atoms with E-state index < -0.39 is 0 Å². The summed E-state index contributed by atoms with van der Waals surface area (Å²) in [4.78, 5) is 17.6. The molecule has 1 N–H and O–H groups in total. The highest BCUT2D eigenvalue weighted by Gasteiger charge is 2.31. The maximum atomic E-state index is 12.5. The largest absolute Gasteiger partial charge is 0.511 e. The molecule has 0 aromatic heterocycles. The lowest BCUT2D eigenvalue weighted by Gasteiger charge is -2.25. The number of aliphatic hydroxyl groups excluding tert-OH is 1. The summed E-state index contributed by atoms with van der Waals surface area (Å²) in [6, 6.07) is 0. The molecule has 126 valence electrons. The SMILES string of the molecule is CCC/C(=N/OCC)C1=C(O)C[C@@H](C[C@H](C)SCC)CC1=O. The van der Waals surface area contributed by atoms with E-state index in [0.717, 1.165) is 18.6 Å². The Kier molecular flexibility index (Phi) is 8.61. The minimum Gasteiger partial charge on any atom is -0.511 e. The highest BCUT2D eigenvalue weighted by molar-refractivity contribution is 7.99. The number of rotatable bonds is 9. The van der Waals surface area contributed by atoms with Crippen molar-refractivity contribution in [3.63, 3.8) is 0 Å². The van der Waals surface area contributed by atoms with Crippen molar-refractivity contribution in [3.8, 4) is 0 Å². The van der Waals surface area contributed by atoms with E-state index in [1.54, 1.807) is 0 Å². The molecule has 0 heterocycles. The molecule has 0 bridgehead atoms. The van der Waals surface area contributed by atoms with Gasteiger partial charge in [-0.1, -0.05) is 32.3 Å². The molecular weight excluding hydrogens is 298 g/mol. The maximum Gasteiger partial charge on any atom is 0.168 e. The first-order valence-electron chi connectivity index (χ1n) is 8.29. The lowest BCUT2D eigenvalue weighted by molar-refractivity contribution is -0.116. The van der Waals surface area contributed by atoms with E-state index in [1.165, 1.54) is 0 Å². The van der Waals surface area contributed by atoms with Crippen molar-refractivity contribution in [2.24, 2.45) is 11.1 Å². The summed E-state index contributed by atoms with van der Waals surface area (Å²) in [5.74, 6) is 1.52. The first-order chi connectivity index (χ1) is 10.5. The summed E-state index contributed by atoms with van der Waals surface area (Å²) in [5.41, 5.74) is 1.00. The number of nitrogens with zero attached hydrogens (tertiary/aromatic N) is 1. The Bertz CT molecular complexity index is 432. The number of hydrogen-bond acceptors (Lipinski definition) is 5. The zero-order valence-electron chi connectivity index (χ0n) is 14.2. The zero-order chi connectivity index (χ0) is 16.5. The molecule has 0 radical (unpaired) electrons. The van der Waals surface area contributed by atoms with Crippen LogP contribution in [0.1, 0.15) is 59.8 Å². The molecule has 0 aromatic carbocycles. The van der Waals surface area contributed by atoms with Gasteiger partial charge >= 0.3 is 0 Å². The van der Waals surface area contributed by atoms with Gasteiger partial charge in [0.15, 0.2) is 5.78 Å². The zero-order valence-corrected chi connectivity index (χ0v) is 15.0. The molecule has 0 saturated heterocycles. The van der Waals surface area contributed by atoms with Gasteiger partial charge in [-0.2, -0.15) is 11.8 Å². The van der Waals surface area contributed by atoms with Crippen molar-refractivity contribution in [1.29, 1.82) is 0 Å². The minimum absolute atomic E-state index is 0.00866. The second-order valence-electron chi connectivity index (χ2n) is 5.73. The van der Waals surface area contributed by atoms with E-state index >= 15 is 0 Å². The fourth-order valence-electron chi connectivity index (χ4n) is 2.88. The fourth-order valence-corrected chi connectivity index (χ4v) is 3.86. The Morgan fingerprint density at radius 2 is 2.14 bits per heavy atom. The van der Waals surface area contributed by atoms with Gasteiger partial charge in [0.1, 0.15) is 12.4 Å². The molecule has 0 fully saturated rings. The highest BCUT2D eigenvalue weighted by Crippen LogP contribution is 2.32. The molecule has 22 heavy (non-hydrogen) atoms. The van der Waals surface area contributed by atoms with Gasteiger partial charge in [0.05, 0.1) is 11.3 Å². The van der Waals surface area contributed by atoms with Crippen LogP contribution in [0.2, 0.25) is 0 Å². The Morgan fingerprint density at radius 3 is 2.68 bits per heavy atom. The van der Waals surface area contributed by atoms with Crippen LogP contribution in [0, 0.1) is 5.92 Å². The summed E-state index contributed by atoms with van der Waals surface area (Å²) in [6.07, 6.45) is 3.56. The Balaban J connectivity index is 2.85. The number of oxime groups is 1. The van der Waals surface area contributed by atoms with Gasteiger partial charge in [0, 0.05) is 18.1 Å². The highest BCUT2D eigenvalue weighted by atomic mass is 32.2. The lowest BCUT2D eigenvalue weighted by atomic mass is 9.82. The van der Waals surface area contributed by atoms with Gasteiger partial charge in [-0.05, 0) is 31.4 Å². The van der Waals surface area contributed by atoms with Crippen LogP contribution < -0.4 is 0 Å². The second kappa shape index (κ2) is 9.93. The van der Waals surface area contributed by atoms with Crippen LogP contribution in [0.25, 0.3) is 0 Å². The van der Waals surface area contributed by atoms with Crippen LogP contribution in [0.3, 0.4) is 0 Å². The maximum absolute atomic E-state index is 12.5. The van der Waals surface area contributed by atoms with Crippen molar-refractivity contribution < 1.29 is 14.7 Å².